The van der Waals surface area contributed by atoms with Crippen LogP contribution in [0.3, 0.4) is 0 Å². The Bertz CT molecular complexity index is 1110. The molecule has 34 heavy (non-hydrogen) atoms. The molecule has 2 amide bonds. The minimum atomic E-state index is -0.184. The first-order valence-corrected chi connectivity index (χ1v) is 13.1. The summed E-state index contributed by atoms with van der Waals surface area (Å²) < 4.78 is 3.42. The van der Waals surface area contributed by atoms with E-state index in [2.05, 4.69) is 48.1 Å². The minimum Gasteiger partial charge on any atom is -0.303 e. The second kappa shape index (κ2) is 14.2. The van der Waals surface area contributed by atoms with E-state index in [4.69, 9.17) is 0 Å². The van der Waals surface area contributed by atoms with Crippen molar-refractivity contribution < 1.29 is 9.59 Å². The highest BCUT2D eigenvalue weighted by Crippen LogP contribution is 2.19. The van der Waals surface area contributed by atoms with Gasteiger partial charge in [0.25, 0.3) is 0 Å². The molecule has 0 unspecified atom stereocenters. The van der Waals surface area contributed by atoms with Crippen LogP contribution >= 0.6 is 34.4 Å². The number of hydrogen-bond donors (Lipinski definition) is 2. The molecule has 0 aliphatic heterocycles. The largest absolute Gasteiger partial charge is 0.303 e. The first-order chi connectivity index (χ1) is 16.7. The highest BCUT2D eigenvalue weighted by atomic mass is 32.2. The van der Waals surface area contributed by atoms with Crippen molar-refractivity contribution in [3.05, 3.63) is 46.9 Å². The first kappa shape index (κ1) is 25.5. The number of carbonyl (C=O) groups excluding carboxylic acids is 2. The molecule has 12 nitrogen and oxygen atoms in total. The second-order valence-electron chi connectivity index (χ2n) is 6.49. The molecule has 0 radical (unpaired) electrons. The maximum Gasteiger partial charge on any atom is 0.247 e. The smallest absolute Gasteiger partial charge is 0.247 e. The lowest BCUT2D eigenvalue weighted by Gasteiger charge is -2.00. The summed E-state index contributed by atoms with van der Waals surface area (Å²) in [6, 6.07) is 3.68. The van der Waals surface area contributed by atoms with E-state index in [1.807, 2.05) is 16.9 Å². The van der Waals surface area contributed by atoms with Gasteiger partial charge >= 0.3 is 0 Å². The Balaban J connectivity index is 0.000000396. The van der Waals surface area contributed by atoms with Crippen LogP contribution in [-0.2, 0) is 35.5 Å². The molecule has 0 aromatic carbocycles. The van der Waals surface area contributed by atoms with Crippen molar-refractivity contribution >= 4 is 57.0 Å². The van der Waals surface area contributed by atoms with E-state index in [1.54, 1.807) is 41.1 Å². The maximum absolute atomic E-state index is 11.9. The molecule has 180 valence electrons. The van der Waals surface area contributed by atoms with Gasteiger partial charge in [0.1, 0.15) is 16.6 Å². The van der Waals surface area contributed by atoms with Gasteiger partial charge in [0.2, 0.25) is 22.6 Å². The summed E-state index contributed by atoms with van der Waals surface area (Å²) in [5.41, 5.74) is 0. The normalized spacial score (nSPS) is 10.4. The van der Waals surface area contributed by atoms with Crippen LogP contribution in [-0.4, -0.2) is 63.8 Å². The van der Waals surface area contributed by atoms with E-state index in [0.717, 1.165) is 40.9 Å². The van der Waals surface area contributed by atoms with Crippen molar-refractivity contribution in [3.63, 3.8) is 0 Å². The van der Waals surface area contributed by atoms with Gasteiger partial charge in [0.15, 0.2) is 0 Å². The van der Waals surface area contributed by atoms with E-state index >= 15 is 0 Å². The van der Waals surface area contributed by atoms with E-state index in [0.29, 0.717) is 16.7 Å². The van der Waals surface area contributed by atoms with Crippen molar-refractivity contribution in [2.75, 3.05) is 22.1 Å². The third-order valence-electron chi connectivity index (χ3n) is 4.03. The van der Waals surface area contributed by atoms with Crippen LogP contribution in [0.25, 0.3) is 0 Å². The van der Waals surface area contributed by atoms with Gasteiger partial charge in [0, 0.05) is 44.2 Å². The van der Waals surface area contributed by atoms with Crippen LogP contribution < -0.4 is 10.6 Å². The topological polar surface area (TPSA) is 145 Å². The highest BCUT2D eigenvalue weighted by Gasteiger charge is 2.09. The molecule has 4 heterocycles. The molecule has 4 aromatic heterocycles. The van der Waals surface area contributed by atoms with Gasteiger partial charge in [-0.3, -0.25) is 24.3 Å². The molecule has 0 atom stereocenters. The first-order valence-electron chi connectivity index (χ1n) is 10.3. The van der Waals surface area contributed by atoms with E-state index in [9.17, 15) is 9.59 Å². The van der Waals surface area contributed by atoms with Gasteiger partial charge in [0.05, 0.1) is 0 Å². The zero-order chi connectivity index (χ0) is 24.0. The predicted octanol–water partition coefficient (Wildman–Crippen LogP) is 2.21. The third-order valence-corrected chi connectivity index (χ3v) is 6.83. The molecular formula is C19H24N10O2S3. The SMILES string of the molecule is CCn1cccn1.O=CNc1nnc(CCSCCc2nnc(NC(=O)Cn3cccn3)s2)s1. The molecule has 0 saturated heterocycles. The third kappa shape index (κ3) is 8.99. The van der Waals surface area contributed by atoms with Crippen LogP contribution in [0.4, 0.5) is 10.3 Å². The number of amides is 2. The zero-order valence-electron chi connectivity index (χ0n) is 18.4. The summed E-state index contributed by atoms with van der Waals surface area (Å²) in [5.74, 6) is 1.62. The van der Waals surface area contributed by atoms with Crippen LogP contribution in [0.2, 0.25) is 0 Å². The van der Waals surface area contributed by atoms with Crippen LogP contribution in [0.5, 0.6) is 0 Å². The Hall–Kier alpha value is -3.17. The summed E-state index contributed by atoms with van der Waals surface area (Å²) in [5, 5.41) is 31.9. The van der Waals surface area contributed by atoms with E-state index < -0.39 is 0 Å². The monoisotopic (exact) mass is 520 g/mol. The van der Waals surface area contributed by atoms with Crippen LogP contribution in [0, 0.1) is 0 Å². The van der Waals surface area contributed by atoms with Crippen LogP contribution in [0.15, 0.2) is 36.9 Å². The summed E-state index contributed by atoms with van der Waals surface area (Å²) in [4.78, 5) is 22.2. The number of rotatable bonds is 12. The maximum atomic E-state index is 11.9. The van der Waals surface area contributed by atoms with Gasteiger partial charge in [-0.25, -0.2) is 0 Å². The van der Waals surface area contributed by atoms with Gasteiger partial charge in [-0.1, -0.05) is 22.7 Å². The number of nitrogens with one attached hydrogen (secondary N) is 2. The van der Waals surface area contributed by atoms with Crippen LogP contribution in [0.1, 0.15) is 16.9 Å². The lowest BCUT2D eigenvalue weighted by Crippen LogP contribution is -2.18. The highest BCUT2D eigenvalue weighted by molar-refractivity contribution is 7.99. The zero-order valence-corrected chi connectivity index (χ0v) is 20.9. The lowest BCUT2D eigenvalue weighted by atomic mass is 10.5. The number of carbonyl (C=O) groups is 2. The Morgan fingerprint density at radius 1 is 0.971 bits per heavy atom. The Labute approximate surface area is 208 Å². The second-order valence-corrected chi connectivity index (χ2v) is 9.84. The van der Waals surface area contributed by atoms with Crippen molar-refractivity contribution in [2.45, 2.75) is 32.9 Å². The average Bonchev–Trinajstić information content (AvgIpc) is 3.63. The summed E-state index contributed by atoms with van der Waals surface area (Å²) in [6.07, 6.45) is 9.25. The Kier molecular flexibility index (Phi) is 10.6. The molecule has 0 bridgehead atoms. The number of aryl methyl sites for hydroxylation is 3. The number of hydrogen-bond acceptors (Lipinski definition) is 11. The van der Waals surface area contributed by atoms with Gasteiger partial charge in [-0.15, -0.1) is 20.4 Å². The minimum absolute atomic E-state index is 0.146. The van der Waals surface area contributed by atoms with Gasteiger partial charge < -0.3 is 5.32 Å². The number of nitrogens with zero attached hydrogens (tertiary/aromatic N) is 8. The summed E-state index contributed by atoms with van der Waals surface area (Å²) in [6.45, 7) is 3.17. The van der Waals surface area contributed by atoms with Crippen molar-refractivity contribution in [3.8, 4) is 0 Å². The number of anilines is 2. The molecular weight excluding hydrogens is 496 g/mol. The standard InChI is InChI=1S/C14H16N8O2S3.C5H8N2/c23-9-15-13-20-18-11(26-13)2-6-25-7-3-12-19-21-14(27-12)17-10(24)8-22-5-1-4-16-22;1-2-7-5-3-4-6-7/h1,4-5,9H,2-3,6-8H2,(H,15,20,23)(H,17,21,24);3-5H,2H2,1H3. The molecule has 4 aromatic rings. The quantitative estimate of drug-likeness (QED) is 0.212. The van der Waals surface area contributed by atoms with Gasteiger partial charge in [-0.05, 0) is 30.6 Å². The predicted molar refractivity (Wildman–Crippen MR) is 133 cm³/mol. The number of aromatic nitrogens is 8. The Morgan fingerprint density at radius 2 is 1.59 bits per heavy atom. The van der Waals surface area contributed by atoms with Crippen molar-refractivity contribution in [1.82, 2.24) is 40.0 Å². The fraction of sp³-hybridized carbons (Fsp3) is 0.368. The van der Waals surface area contributed by atoms with E-state index in [-0.39, 0.29) is 12.5 Å². The summed E-state index contributed by atoms with van der Waals surface area (Å²) in [7, 11) is 0. The summed E-state index contributed by atoms with van der Waals surface area (Å²) >= 11 is 4.54. The van der Waals surface area contributed by atoms with Gasteiger partial charge in [-0.2, -0.15) is 22.0 Å². The fourth-order valence-electron chi connectivity index (χ4n) is 2.48. The number of thioether (sulfide) groups is 1. The molecule has 4 rings (SSSR count). The molecule has 0 spiro atoms. The fourth-order valence-corrected chi connectivity index (χ4v) is 5.07. The molecule has 0 aliphatic rings. The molecule has 0 fully saturated rings. The van der Waals surface area contributed by atoms with Crippen molar-refractivity contribution in [2.24, 2.45) is 0 Å². The molecule has 0 saturated carbocycles. The Morgan fingerprint density at radius 3 is 2.15 bits per heavy atom. The molecule has 15 heteroatoms. The lowest BCUT2D eigenvalue weighted by molar-refractivity contribution is -0.117. The van der Waals surface area contributed by atoms with Crippen molar-refractivity contribution in [1.29, 1.82) is 0 Å². The molecule has 0 aliphatic carbocycles. The molecule has 2 N–H and O–H groups in total. The average molecular weight is 521 g/mol. The van der Waals surface area contributed by atoms with E-state index in [1.165, 1.54) is 22.7 Å².